The summed E-state index contributed by atoms with van der Waals surface area (Å²) in [6, 6.07) is 5.66. The quantitative estimate of drug-likeness (QED) is 0.657. The summed E-state index contributed by atoms with van der Waals surface area (Å²) in [5, 5.41) is 9.93. The van der Waals surface area contributed by atoms with Crippen LogP contribution in [0.5, 0.6) is 11.5 Å². The predicted molar refractivity (Wildman–Crippen MR) is 77.8 cm³/mol. The van der Waals surface area contributed by atoms with E-state index in [1.165, 1.54) is 7.11 Å². The molecule has 2 atom stereocenters. The van der Waals surface area contributed by atoms with Crippen molar-refractivity contribution >= 4 is 5.97 Å². The molecule has 0 aromatic heterocycles. The highest BCUT2D eigenvalue weighted by molar-refractivity contribution is 5.69. The molecule has 3 rings (SSSR count). The van der Waals surface area contributed by atoms with Gasteiger partial charge in [0, 0.05) is 0 Å². The van der Waals surface area contributed by atoms with E-state index in [9.17, 15) is 10.0 Å². The number of hydrogen-bond acceptors (Lipinski definition) is 6. The van der Waals surface area contributed by atoms with Crippen molar-refractivity contribution in [1.82, 2.24) is 5.48 Å². The summed E-state index contributed by atoms with van der Waals surface area (Å²) in [5.74, 6) is 1.10. The number of fused-ring (bicyclic) bond motifs is 1. The Labute approximate surface area is 129 Å². The molecule has 2 unspecified atom stereocenters. The summed E-state index contributed by atoms with van der Waals surface area (Å²) >= 11 is 0. The van der Waals surface area contributed by atoms with Crippen LogP contribution >= 0.6 is 0 Å². The van der Waals surface area contributed by atoms with Crippen LogP contribution in [0.1, 0.15) is 37.7 Å². The van der Waals surface area contributed by atoms with Crippen LogP contribution in [-0.4, -0.2) is 25.1 Å². The van der Waals surface area contributed by atoms with Crippen molar-refractivity contribution in [3.63, 3.8) is 0 Å². The molecule has 0 saturated heterocycles. The molecule has 1 fully saturated rings. The van der Waals surface area contributed by atoms with Gasteiger partial charge in [-0.2, -0.15) is 5.48 Å². The minimum Gasteiger partial charge on any atom is -0.469 e. The van der Waals surface area contributed by atoms with Crippen molar-refractivity contribution < 1.29 is 24.2 Å². The highest BCUT2D eigenvalue weighted by Crippen LogP contribution is 2.46. The van der Waals surface area contributed by atoms with Crippen molar-refractivity contribution in [2.75, 3.05) is 13.9 Å². The van der Waals surface area contributed by atoms with Crippen LogP contribution in [0.2, 0.25) is 0 Å². The molecule has 0 bridgehead atoms. The lowest BCUT2D eigenvalue weighted by Crippen LogP contribution is -2.49. The monoisotopic (exact) mass is 307 g/mol. The molecular weight excluding hydrogens is 286 g/mol. The molecule has 1 aromatic carbocycles. The van der Waals surface area contributed by atoms with Crippen LogP contribution in [0.4, 0.5) is 0 Å². The van der Waals surface area contributed by atoms with Gasteiger partial charge < -0.3 is 19.4 Å². The molecule has 6 heteroatoms. The SMILES string of the molecule is COC(=O)CC1CCCCC1(NO)c1ccc2c(c1)OCO2. The summed E-state index contributed by atoms with van der Waals surface area (Å²) in [6.45, 7) is 0.212. The van der Waals surface area contributed by atoms with Crippen molar-refractivity contribution in [1.29, 1.82) is 0 Å². The fourth-order valence-electron chi connectivity index (χ4n) is 3.57. The normalized spacial score (nSPS) is 26.7. The van der Waals surface area contributed by atoms with E-state index in [4.69, 9.17) is 14.2 Å². The maximum Gasteiger partial charge on any atom is 0.305 e. The number of esters is 1. The number of hydrogen-bond donors (Lipinski definition) is 2. The Hall–Kier alpha value is -1.79. The van der Waals surface area contributed by atoms with E-state index in [2.05, 4.69) is 5.48 Å². The molecule has 1 saturated carbocycles. The van der Waals surface area contributed by atoms with Gasteiger partial charge in [0.2, 0.25) is 6.79 Å². The number of methoxy groups -OCH3 is 1. The fourth-order valence-corrected chi connectivity index (χ4v) is 3.57. The smallest absolute Gasteiger partial charge is 0.305 e. The average Bonchev–Trinajstić information content (AvgIpc) is 3.03. The van der Waals surface area contributed by atoms with Gasteiger partial charge in [0.25, 0.3) is 0 Å². The first-order valence-corrected chi connectivity index (χ1v) is 7.58. The molecule has 0 radical (unpaired) electrons. The first-order chi connectivity index (χ1) is 10.7. The lowest BCUT2D eigenvalue weighted by molar-refractivity contribution is -0.144. The van der Waals surface area contributed by atoms with Gasteiger partial charge >= 0.3 is 5.97 Å². The van der Waals surface area contributed by atoms with E-state index in [1.807, 2.05) is 18.2 Å². The molecule has 1 aromatic rings. The van der Waals surface area contributed by atoms with E-state index in [-0.39, 0.29) is 25.1 Å². The van der Waals surface area contributed by atoms with E-state index in [1.54, 1.807) is 0 Å². The summed E-state index contributed by atoms with van der Waals surface area (Å²) < 4.78 is 15.6. The molecule has 2 aliphatic rings. The maximum absolute atomic E-state index is 11.7. The number of hydroxylamine groups is 1. The topological polar surface area (TPSA) is 77.0 Å². The Morgan fingerprint density at radius 3 is 3.00 bits per heavy atom. The Morgan fingerprint density at radius 1 is 1.41 bits per heavy atom. The zero-order chi connectivity index (χ0) is 15.6. The second-order valence-electron chi connectivity index (χ2n) is 5.87. The number of benzene rings is 1. The number of ether oxygens (including phenoxy) is 3. The van der Waals surface area contributed by atoms with Gasteiger partial charge in [-0.15, -0.1) is 0 Å². The molecule has 1 aliphatic heterocycles. The highest BCUT2D eigenvalue weighted by Gasteiger charge is 2.43. The summed E-state index contributed by atoms with van der Waals surface area (Å²) in [6.07, 6.45) is 3.91. The van der Waals surface area contributed by atoms with Gasteiger partial charge in [0.1, 0.15) is 0 Å². The van der Waals surface area contributed by atoms with Crippen molar-refractivity contribution in [3.05, 3.63) is 23.8 Å². The first kappa shape index (κ1) is 15.1. The molecule has 1 heterocycles. The van der Waals surface area contributed by atoms with E-state index < -0.39 is 5.54 Å². The summed E-state index contributed by atoms with van der Waals surface area (Å²) in [7, 11) is 1.39. The van der Waals surface area contributed by atoms with Crippen molar-refractivity contribution in [2.24, 2.45) is 5.92 Å². The summed E-state index contributed by atoms with van der Waals surface area (Å²) in [4.78, 5) is 11.7. The third-order valence-corrected chi connectivity index (χ3v) is 4.80. The molecule has 6 nitrogen and oxygen atoms in total. The van der Waals surface area contributed by atoms with E-state index >= 15 is 0 Å². The standard InChI is InChI=1S/C16H21NO5/c1-20-15(18)9-11-4-2-3-7-16(11,17-19)12-5-6-13-14(8-12)22-10-21-13/h5-6,8,11,17,19H,2-4,7,9-10H2,1H3. The van der Waals surface area contributed by atoms with Crippen LogP contribution in [0, 0.1) is 5.92 Å². The second-order valence-corrected chi connectivity index (χ2v) is 5.87. The maximum atomic E-state index is 11.7. The Kier molecular flexibility index (Phi) is 4.22. The van der Waals surface area contributed by atoms with Gasteiger partial charge in [-0.05, 0) is 36.5 Å². The van der Waals surface area contributed by atoms with Gasteiger partial charge in [0.05, 0.1) is 19.1 Å². The van der Waals surface area contributed by atoms with Crippen molar-refractivity contribution in [3.8, 4) is 11.5 Å². The third kappa shape index (κ3) is 2.53. The van der Waals surface area contributed by atoms with E-state index in [0.717, 1.165) is 31.2 Å². The number of nitrogens with one attached hydrogen (secondary N) is 1. The van der Waals surface area contributed by atoms with Crippen LogP contribution in [0.25, 0.3) is 0 Å². The van der Waals surface area contributed by atoms with Crippen LogP contribution in [0.3, 0.4) is 0 Å². The Bertz CT molecular complexity index is 561. The molecule has 22 heavy (non-hydrogen) atoms. The van der Waals surface area contributed by atoms with Crippen LogP contribution < -0.4 is 15.0 Å². The lowest BCUT2D eigenvalue weighted by Gasteiger charge is -2.43. The molecular formula is C16H21NO5. The van der Waals surface area contributed by atoms with Crippen LogP contribution in [0.15, 0.2) is 18.2 Å². The molecule has 120 valence electrons. The lowest BCUT2D eigenvalue weighted by atomic mass is 9.68. The number of carbonyl (C=O) groups is 1. The van der Waals surface area contributed by atoms with E-state index in [0.29, 0.717) is 11.5 Å². The van der Waals surface area contributed by atoms with Crippen LogP contribution in [-0.2, 0) is 15.1 Å². The average molecular weight is 307 g/mol. The third-order valence-electron chi connectivity index (χ3n) is 4.80. The van der Waals surface area contributed by atoms with Crippen molar-refractivity contribution in [2.45, 2.75) is 37.6 Å². The number of carbonyl (C=O) groups excluding carboxylic acids is 1. The minimum atomic E-state index is -0.659. The predicted octanol–water partition coefficient (Wildman–Crippen LogP) is 2.34. The Morgan fingerprint density at radius 2 is 2.23 bits per heavy atom. The van der Waals surface area contributed by atoms with Gasteiger partial charge in [-0.1, -0.05) is 18.9 Å². The summed E-state index contributed by atoms with van der Waals surface area (Å²) in [5.41, 5.74) is 2.75. The molecule has 0 spiro atoms. The molecule has 0 amide bonds. The zero-order valence-corrected chi connectivity index (χ0v) is 12.6. The zero-order valence-electron chi connectivity index (χ0n) is 12.6. The minimum absolute atomic E-state index is 0.0286. The van der Waals surface area contributed by atoms with Gasteiger partial charge in [-0.25, -0.2) is 0 Å². The Balaban J connectivity index is 1.95. The van der Waals surface area contributed by atoms with Gasteiger partial charge in [-0.3, -0.25) is 4.79 Å². The first-order valence-electron chi connectivity index (χ1n) is 7.58. The molecule has 2 N–H and O–H groups in total. The largest absolute Gasteiger partial charge is 0.469 e. The second kappa shape index (κ2) is 6.14. The highest BCUT2D eigenvalue weighted by atomic mass is 16.7. The number of rotatable bonds is 4. The molecule has 1 aliphatic carbocycles. The van der Waals surface area contributed by atoms with Gasteiger partial charge in [0.15, 0.2) is 11.5 Å². The fraction of sp³-hybridized carbons (Fsp3) is 0.562.